The summed E-state index contributed by atoms with van der Waals surface area (Å²) in [5, 5.41) is 0. The molecule has 0 fully saturated rings. The molecule has 1 aromatic rings. The van der Waals surface area contributed by atoms with Gasteiger partial charge in [0.05, 0.1) is 12.5 Å². The number of ether oxygens (including phenoxy) is 1. The summed E-state index contributed by atoms with van der Waals surface area (Å²) < 4.78 is 208. The monoisotopic (exact) mass is 616 g/mol. The van der Waals surface area contributed by atoms with Crippen LogP contribution < -0.4 is 0 Å². The lowest BCUT2D eigenvalue weighted by Gasteiger charge is -2.40. The van der Waals surface area contributed by atoms with E-state index < -0.39 is 90.4 Å². The van der Waals surface area contributed by atoms with E-state index in [2.05, 4.69) is 4.74 Å². The predicted molar refractivity (Wildman–Crippen MR) is 109 cm³/mol. The van der Waals surface area contributed by atoms with E-state index in [-0.39, 0.29) is 13.8 Å². The molecule has 0 bridgehead atoms. The first-order valence-corrected chi connectivity index (χ1v) is 11.2. The maximum Gasteiger partial charge on any atom is 0.384 e. The SMILES string of the molecule is CC(CC(F)(c1ccccc1)C(C)(F)F)C(=O)OCCC(C)C(F)(F)C(F)(F)C(F)(F)C(F)(F)C(F)(F)C(F)F. The first-order chi connectivity index (χ1) is 17.7. The highest BCUT2D eigenvalue weighted by atomic mass is 19.4. The van der Waals surface area contributed by atoms with Gasteiger partial charge in [-0.1, -0.05) is 44.2 Å². The van der Waals surface area contributed by atoms with E-state index in [0.717, 1.165) is 19.1 Å². The minimum Gasteiger partial charge on any atom is -0.465 e. The molecule has 0 amide bonds. The van der Waals surface area contributed by atoms with Crippen LogP contribution in [0.1, 0.15) is 39.2 Å². The summed E-state index contributed by atoms with van der Waals surface area (Å²) in [5.41, 5.74) is -4.00. The second kappa shape index (κ2) is 11.5. The minimum absolute atomic E-state index is 0.0459. The maximum absolute atomic E-state index is 15.3. The third-order valence-electron chi connectivity index (χ3n) is 6.23. The van der Waals surface area contributed by atoms with Crippen molar-refractivity contribution in [3.63, 3.8) is 0 Å². The van der Waals surface area contributed by atoms with Gasteiger partial charge in [0.15, 0.2) is 5.67 Å². The number of hydrogen-bond acceptors (Lipinski definition) is 2. The van der Waals surface area contributed by atoms with Gasteiger partial charge in [0.1, 0.15) is 0 Å². The lowest BCUT2D eigenvalue weighted by molar-refractivity contribution is -0.417. The van der Waals surface area contributed by atoms with Crippen molar-refractivity contribution in [2.75, 3.05) is 6.61 Å². The van der Waals surface area contributed by atoms with Crippen LogP contribution >= 0.6 is 0 Å². The van der Waals surface area contributed by atoms with Crippen LogP contribution in [-0.4, -0.2) is 54.5 Å². The molecule has 0 aliphatic heterocycles. The van der Waals surface area contributed by atoms with Crippen LogP contribution in [0, 0.1) is 11.8 Å². The molecule has 0 aliphatic rings. The van der Waals surface area contributed by atoms with Crippen molar-refractivity contribution in [1.82, 2.24) is 0 Å². The van der Waals surface area contributed by atoms with Crippen LogP contribution in [0.3, 0.4) is 0 Å². The molecule has 0 saturated heterocycles. The van der Waals surface area contributed by atoms with Crippen molar-refractivity contribution in [3.05, 3.63) is 35.9 Å². The Labute approximate surface area is 217 Å². The maximum atomic E-state index is 15.3. The zero-order chi connectivity index (χ0) is 31.8. The normalized spacial score (nSPS) is 17.4. The lowest BCUT2D eigenvalue weighted by atomic mass is 9.82. The zero-order valence-electron chi connectivity index (χ0n) is 20.7. The number of carbonyl (C=O) groups excluding carboxylic acids is 1. The number of esters is 1. The quantitative estimate of drug-likeness (QED) is 0.155. The second-order valence-electron chi connectivity index (χ2n) is 9.29. The summed E-state index contributed by atoms with van der Waals surface area (Å²) in [6, 6.07) is 5.76. The lowest BCUT2D eigenvalue weighted by Crippen LogP contribution is -2.69. The fraction of sp³-hybridized carbons (Fsp3) is 0.696. The van der Waals surface area contributed by atoms with Crippen LogP contribution in [0.2, 0.25) is 0 Å². The Kier molecular flexibility index (Phi) is 10.2. The Balaban J connectivity index is 3.01. The number of benzene rings is 1. The molecule has 0 spiro atoms. The highest BCUT2D eigenvalue weighted by molar-refractivity contribution is 5.72. The molecule has 3 unspecified atom stereocenters. The molecule has 0 aromatic heterocycles. The van der Waals surface area contributed by atoms with Crippen molar-refractivity contribution < 1.29 is 75.4 Å². The van der Waals surface area contributed by atoms with E-state index in [0.29, 0.717) is 0 Å². The van der Waals surface area contributed by atoms with Gasteiger partial charge in [-0.15, -0.1) is 0 Å². The highest BCUT2D eigenvalue weighted by Crippen LogP contribution is 2.59. The Morgan fingerprint density at radius 1 is 0.750 bits per heavy atom. The van der Waals surface area contributed by atoms with E-state index in [1.165, 1.54) is 18.2 Å². The van der Waals surface area contributed by atoms with Crippen LogP contribution in [0.4, 0.5) is 65.9 Å². The average Bonchev–Trinajstić information content (AvgIpc) is 2.82. The molecule has 1 rings (SSSR count). The molecule has 0 N–H and O–H groups in total. The van der Waals surface area contributed by atoms with Gasteiger partial charge in [0.2, 0.25) is 0 Å². The standard InChI is InChI=1S/C23H23F15O2/c1-12(11-18(28,17(3,26)27)14-7-5-4-6-8-14)15(39)40-10-9-13(2)19(29,30)21(33,34)23(37,38)22(35,36)20(31,32)16(24)25/h4-8,12-13,16H,9-11H2,1-3H3. The number of alkyl halides is 15. The van der Waals surface area contributed by atoms with Crippen molar-refractivity contribution in [1.29, 1.82) is 0 Å². The number of halogens is 15. The highest BCUT2D eigenvalue weighted by Gasteiger charge is 2.88. The molecule has 0 heterocycles. The Morgan fingerprint density at radius 2 is 1.20 bits per heavy atom. The van der Waals surface area contributed by atoms with Crippen LogP contribution in [0.5, 0.6) is 0 Å². The summed E-state index contributed by atoms with van der Waals surface area (Å²) in [6.07, 6.45) is -8.38. The fourth-order valence-electron chi connectivity index (χ4n) is 3.48. The summed E-state index contributed by atoms with van der Waals surface area (Å²) >= 11 is 0. The molecule has 17 heteroatoms. The molecule has 0 radical (unpaired) electrons. The van der Waals surface area contributed by atoms with Gasteiger partial charge >= 0.3 is 42.0 Å². The van der Waals surface area contributed by atoms with Crippen LogP contribution in [-0.2, 0) is 15.2 Å². The van der Waals surface area contributed by atoms with Crippen molar-refractivity contribution in [2.45, 2.75) is 81.2 Å². The number of carbonyl (C=O) groups is 1. The van der Waals surface area contributed by atoms with Gasteiger partial charge in [-0.25, -0.2) is 22.0 Å². The van der Waals surface area contributed by atoms with E-state index in [1.807, 2.05) is 0 Å². The molecular weight excluding hydrogens is 593 g/mol. The van der Waals surface area contributed by atoms with Gasteiger partial charge in [0.25, 0.3) is 5.92 Å². The number of rotatable bonds is 14. The third-order valence-corrected chi connectivity index (χ3v) is 6.23. The first-order valence-electron chi connectivity index (χ1n) is 11.2. The second-order valence-corrected chi connectivity index (χ2v) is 9.29. The summed E-state index contributed by atoms with van der Waals surface area (Å²) in [7, 11) is 0. The summed E-state index contributed by atoms with van der Waals surface area (Å²) in [5.74, 6) is -46.5. The molecule has 2 nitrogen and oxygen atoms in total. The van der Waals surface area contributed by atoms with E-state index >= 15 is 4.39 Å². The largest absolute Gasteiger partial charge is 0.465 e. The van der Waals surface area contributed by atoms with E-state index in [4.69, 9.17) is 0 Å². The number of hydrogen-bond donors (Lipinski definition) is 0. The van der Waals surface area contributed by atoms with Crippen LogP contribution in [0.15, 0.2) is 30.3 Å². The topological polar surface area (TPSA) is 26.3 Å². The smallest absolute Gasteiger partial charge is 0.384 e. The fourth-order valence-corrected chi connectivity index (χ4v) is 3.48. The molecular formula is C23H23F15O2. The van der Waals surface area contributed by atoms with Gasteiger partial charge in [0, 0.05) is 19.3 Å². The predicted octanol–water partition coefficient (Wildman–Crippen LogP) is 8.54. The Morgan fingerprint density at radius 3 is 1.62 bits per heavy atom. The van der Waals surface area contributed by atoms with Gasteiger partial charge in [-0.3, -0.25) is 4.79 Å². The molecule has 0 saturated carbocycles. The molecule has 0 aliphatic carbocycles. The van der Waals surface area contributed by atoms with E-state index in [1.54, 1.807) is 0 Å². The van der Waals surface area contributed by atoms with Crippen molar-refractivity contribution >= 4 is 5.97 Å². The van der Waals surface area contributed by atoms with Gasteiger partial charge in [-0.2, -0.15) is 43.9 Å². The van der Waals surface area contributed by atoms with Crippen LogP contribution in [0.25, 0.3) is 0 Å². The molecule has 3 atom stereocenters. The van der Waals surface area contributed by atoms with Crippen molar-refractivity contribution in [2.24, 2.45) is 11.8 Å². The minimum atomic E-state index is -7.70. The molecule has 1 aromatic carbocycles. The first kappa shape index (κ1) is 35.7. The zero-order valence-corrected chi connectivity index (χ0v) is 20.7. The molecule has 232 valence electrons. The van der Waals surface area contributed by atoms with Gasteiger partial charge < -0.3 is 4.74 Å². The van der Waals surface area contributed by atoms with E-state index in [9.17, 15) is 66.3 Å². The summed E-state index contributed by atoms with van der Waals surface area (Å²) in [4.78, 5) is 12.1. The Bertz CT molecular complexity index is 992. The Hall–Kier alpha value is -2.36. The summed E-state index contributed by atoms with van der Waals surface area (Å²) in [6.45, 7) is -0.218. The van der Waals surface area contributed by atoms with Gasteiger partial charge in [-0.05, 0) is 12.0 Å². The van der Waals surface area contributed by atoms with Crippen molar-refractivity contribution in [3.8, 4) is 0 Å². The molecule has 40 heavy (non-hydrogen) atoms. The third kappa shape index (κ3) is 6.11. The average molecular weight is 616 g/mol.